The summed E-state index contributed by atoms with van der Waals surface area (Å²) in [4.78, 5) is 0. The van der Waals surface area contributed by atoms with Gasteiger partial charge in [-0.15, -0.1) is 11.8 Å². The van der Waals surface area contributed by atoms with Crippen LogP contribution in [0.5, 0.6) is 0 Å². The van der Waals surface area contributed by atoms with E-state index in [1.807, 2.05) is 0 Å². The van der Waals surface area contributed by atoms with Crippen LogP contribution in [-0.2, 0) is 0 Å². The van der Waals surface area contributed by atoms with E-state index in [1.165, 1.54) is 18.7 Å². The average molecular weight is 223 g/mol. The van der Waals surface area contributed by atoms with Crippen molar-refractivity contribution in [3.63, 3.8) is 0 Å². The fraction of sp³-hybridized carbons (Fsp3) is 1.00. The molecule has 1 fully saturated rings. The zero-order valence-electron chi connectivity index (χ0n) is 8.00. The first-order chi connectivity index (χ1) is 6.54. The standard InChI is InChI=1S/C8H17NO4S/c1-4(10)5(11)6(12)7(13)8-9-2-3-14-8/h4-13H,2-3H2,1H3/t4-,5-,6-,7+,8+/m0/s1. The molecule has 5 atom stereocenters. The Morgan fingerprint density at radius 2 is 1.86 bits per heavy atom. The SMILES string of the molecule is C[C@H](O)[C@H](O)[C@H](O)[C@@H](O)[C@@H]1NCCS1. The summed E-state index contributed by atoms with van der Waals surface area (Å²) in [5, 5.41) is 40.2. The van der Waals surface area contributed by atoms with Gasteiger partial charge in [-0.25, -0.2) is 0 Å². The Morgan fingerprint density at radius 3 is 2.29 bits per heavy atom. The molecule has 1 aliphatic heterocycles. The van der Waals surface area contributed by atoms with Crippen molar-refractivity contribution in [2.24, 2.45) is 0 Å². The van der Waals surface area contributed by atoms with Crippen LogP contribution in [0, 0.1) is 0 Å². The van der Waals surface area contributed by atoms with Crippen molar-refractivity contribution in [2.45, 2.75) is 36.7 Å². The molecule has 1 saturated heterocycles. The fourth-order valence-electron chi connectivity index (χ4n) is 1.33. The van der Waals surface area contributed by atoms with E-state index in [4.69, 9.17) is 5.11 Å². The largest absolute Gasteiger partial charge is 0.391 e. The highest BCUT2D eigenvalue weighted by atomic mass is 32.2. The molecule has 14 heavy (non-hydrogen) atoms. The van der Waals surface area contributed by atoms with Crippen LogP contribution < -0.4 is 5.32 Å². The molecule has 0 aromatic rings. The number of thioether (sulfide) groups is 1. The smallest absolute Gasteiger partial charge is 0.111 e. The zero-order chi connectivity index (χ0) is 10.7. The van der Waals surface area contributed by atoms with Gasteiger partial charge in [0.1, 0.15) is 18.3 Å². The van der Waals surface area contributed by atoms with Gasteiger partial charge in [0.05, 0.1) is 11.5 Å². The molecule has 1 rings (SSSR count). The van der Waals surface area contributed by atoms with E-state index >= 15 is 0 Å². The Morgan fingerprint density at radius 1 is 1.21 bits per heavy atom. The highest BCUT2D eigenvalue weighted by molar-refractivity contribution is 8.00. The van der Waals surface area contributed by atoms with Crippen LogP contribution in [0.25, 0.3) is 0 Å². The lowest BCUT2D eigenvalue weighted by atomic mass is 10.0. The molecule has 0 radical (unpaired) electrons. The third kappa shape index (κ3) is 2.82. The van der Waals surface area contributed by atoms with Crippen LogP contribution in [0.3, 0.4) is 0 Å². The molecule has 6 heteroatoms. The van der Waals surface area contributed by atoms with E-state index < -0.39 is 24.4 Å². The molecule has 0 saturated carbocycles. The van der Waals surface area contributed by atoms with Crippen molar-refractivity contribution in [3.05, 3.63) is 0 Å². The van der Waals surface area contributed by atoms with Crippen LogP contribution in [0.1, 0.15) is 6.92 Å². The fourth-order valence-corrected chi connectivity index (χ4v) is 2.42. The predicted molar refractivity (Wildman–Crippen MR) is 53.9 cm³/mol. The predicted octanol–water partition coefficient (Wildman–Crippen LogP) is -1.89. The molecular weight excluding hydrogens is 206 g/mol. The second-order valence-electron chi connectivity index (χ2n) is 3.46. The highest BCUT2D eigenvalue weighted by Gasteiger charge is 2.34. The number of hydrogen-bond donors (Lipinski definition) is 5. The molecule has 0 amide bonds. The third-order valence-electron chi connectivity index (χ3n) is 2.25. The van der Waals surface area contributed by atoms with Gasteiger partial charge < -0.3 is 25.7 Å². The van der Waals surface area contributed by atoms with Gasteiger partial charge in [-0.1, -0.05) is 0 Å². The summed E-state index contributed by atoms with van der Waals surface area (Å²) in [6.07, 6.45) is -4.75. The summed E-state index contributed by atoms with van der Waals surface area (Å²) in [7, 11) is 0. The normalized spacial score (nSPS) is 31.1. The molecular formula is C8H17NO4S. The summed E-state index contributed by atoms with van der Waals surface area (Å²) in [6, 6.07) is 0. The van der Waals surface area contributed by atoms with Crippen molar-refractivity contribution >= 4 is 11.8 Å². The van der Waals surface area contributed by atoms with Gasteiger partial charge in [0.25, 0.3) is 0 Å². The highest BCUT2D eigenvalue weighted by Crippen LogP contribution is 2.20. The van der Waals surface area contributed by atoms with Crippen molar-refractivity contribution in [1.82, 2.24) is 5.32 Å². The second kappa shape index (κ2) is 5.29. The number of aliphatic hydroxyl groups excluding tert-OH is 4. The van der Waals surface area contributed by atoms with E-state index in [2.05, 4.69) is 5.32 Å². The monoisotopic (exact) mass is 223 g/mol. The summed E-state index contributed by atoms with van der Waals surface area (Å²) < 4.78 is 0. The van der Waals surface area contributed by atoms with Gasteiger partial charge in [-0.2, -0.15) is 0 Å². The van der Waals surface area contributed by atoms with Gasteiger partial charge >= 0.3 is 0 Å². The molecule has 5 N–H and O–H groups in total. The molecule has 0 aromatic heterocycles. The van der Waals surface area contributed by atoms with Gasteiger partial charge in [-0.3, -0.25) is 0 Å². The lowest BCUT2D eigenvalue weighted by Gasteiger charge is -2.27. The van der Waals surface area contributed by atoms with Crippen molar-refractivity contribution in [1.29, 1.82) is 0 Å². The van der Waals surface area contributed by atoms with Crippen LogP contribution in [0.15, 0.2) is 0 Å². The first kappa shape index (κ1) is 12.2. The van der Waals surface area contributed by atoms with E-state index in [0.29, 0.717) is 0 Å². The Balaban J connectivity index is 2.45. The lowest BCUT2D eigenvalue weighted by Crippen LogP contribution is -2.50. The van der Waals surface area contributed by atoms with E-state index in [9.17, 15) is 15.3 Å². The molecule has 0 bridgehead atoms. The number of aliphatic hydroxyl groups is 4. The molecule has 1 heterocycles. The Bertz CT molecular complexity index is 169. The molecule has 0 aliphatic carbocycles. The Hall–Kier alpha value is 0.150. The minimum Gasteiger partial charge on any atom is -0.391 e. The Kier molecular flexibility index (Phi) is 4.62. The van der Waals surface area contributed by atoms with Crippen molar-refractivity contribution < 1.29 is 20.4 Å². The van der Waals surface area contributed by atoms with Crippen molar-refractivity contribution in [3.8, 4) is 0 Å². The molecule has 0 spiro atoms. The number of hydrogen-bond acceptors (Lipinski definition) is 6. The third-order valence-corrected chi connectivity index (χ3v) is 3.49. The first-order valence-electron chi connectivity index (χ1n) is 4.61. The number of rotatable bonds is 4. The maximum Gasteiger partial charge on any atom is 0.111 e. The van der Waals surface area contributed by atoms with Gasteiger partial charge in [0.2, 0.25) is 0 Å². The maximum absolute atomic E-state index is 9.63. The summed E-state index contributed by atoms with van der Waals surface area (Å²) in [5.74, 6) is 0.874. The van der Waals surface area contributed by atoms with Gasteiger partial charge in [-0.05, 0) is 6.92 Å². The Labute approximate surface area is 87.1 Å². The summed E-state index contributed by atoms with van der Waals surface area (Å²) in [5.41, 5.74) is 0. The lowest BCUT2D eigenvalue weighted by molar-refractivity contribution is -0.101. The maximum atomic E-state index is 9.63. The van der Waals surface area contributed by atoms with Crippen LogP contribution in [0.2, 0.25) is 0 Å². The van der Waals surface area contributed by atoms with E-state index in [1.54, 1.807) is 0 Å². The average Bonchev–Trinajstić information content (AvgIpc) is 2.67. The molecule has 5 nitrogen and oxygen atoms in total. The zero-order valence-corrected chi connectivity index (χ0v) is 8.81. The second-order valence-corrected chi connectivity index (χ2v) is 4.71. The van der Waals surface area contributed by atoms with E-state index in [0.717, 1.165) is 12.3 Å². The minimum atomic E-state index is -1.32. The van der Waals surface area contributed by atoms with E-state index in [-0.39, 0.29) is 5.37 Å². The molecule has 0 aromatic carbocycles. The summed E-state index contributed by atoms with van der Waals surface area (Å²) in [6.45, 7) is 2.15. The number of nitrogens with one attached hydrogen (secondary N) is 1. The van der Waals surface area contributed by atoms with Crippen molar-refractivity contribution in [2.75, 3.05) is 12.3 Å². The summed E-state index contributed by atoms with van der Waals surface area (Å²) >= 11 is 1.49. The first-order valence-corrected chi connectivity index (χ1v) is 5.66. The van der Waals surface area contributed by atoms with Crippen LogP contribution >= 0.6 is 11.8 Å². The molecule has 0 unspecified atom stereocenters. The van der Waals surface area contributed by atoms with Crippen LogP contribution in [0.4, 0.5) is 0 Å². The molecule has 84 valence electrons. The van der Waals surface area contributed by atoms with Crippen LogP contribution in [-0.4, -0.2) is 62.5 Å². The topological polar surface area (TPSA) is 93.0 Å². The minimum absolute atomic E-state index is 0.265. The molecule has 1 aliphatic rings. The quantitative estimate of drug-likeness (QED) is 0.383. The van der Waals surface area contributed by atoms with Gasteiger partial charge in [0.15, 0.2) is 0 Å². The van der Waals surface area contributed by atoms with Gasteiger partial charge in [0, 0.05) is 12.3 Å².